The van der Waals surface area contributed by atoms with Gasteiger partial charge in [0.2, 0.25) is 0 Å². The molecule has 20 heavy (non-hydrogen) atoms. The second-order valence-corrected chi connectivity index (χ2v) is 6.30. The molecule has 0 aliphatic rings. The van der Waals surface area contributed by atoms with Crippen LogP contribution in [0.2, 0.25) is 5.02 Å². The fourth-order valence-electron chi connectivity index (χ4n) is 2.08. The Morgan fingerprint density at radius 2 is 2.05 bits per heavy atom. The van der Waals surface area contributed by atoms with Crippen LogP contribution in [0.5, 0.6) is 0 Å². The molecule has 0 aliphatic heterocycles. The van der Waals surface area contributed by atoms with E-state index in [2.05, 4.69) is 24.1 Å². The second-order valence-electron chi connectivity index (χ2n) is 5.89. The molecule has 1 aromatic carbocycles. The molecule has 0 radical (unpaired) electrons. The normalized spacial score (nSPS) is 11.6. The van der Waals surface area contributed by atoms with Crippen LogP contribution in [0.3, 0.4) is 0 Å². The summed E-state index contributed by atoms with van der Waals surface area (Å²) in [6.07, 6.45) is 0. The molecular weight excluding hydrogens is 278 g/mol. The molecule has 1 aromatic rings. The van der Waals surface area contributed by atoms with Gasteiger partial charge in [0.05, 0.1) is 10.7 Å². The Labute approximate surface area is 124 Å². The summed E-state index contributed by atoms with van der Waals surface area (Å²) in [6, 6.07) is 4.69. The first-order chi connectivity index (χ1) is 9.25. The largest absolute Gasteiger partial charge is 0.351 e. The van der Waals surface area contributed by atoms with Gasteiger partial charge in [0.15, 0.2) is 0 Å². The molecule has 0 heterocycles. The highest BCUT2D eigenvalue weighted by Crippen LogP contribution is 2.22. The number of amides is 1. The summed E-state index contributed by atoms with van der Waals surface area (Å²) in [7, 11) is 4.01. The van der Waals surface area contributed by atoms with Gasteiger partial charge in [-0.3, -0.25) is 15.5 Å². The topological polar surface area (TPSA) is 64.6 Å². The molecule has 0 spiro atoms. The van der Waals surface area contributed by atoms with Gasteiger partial charge in [0.25, 0.3) is 5.91 Å². The van der Waals surface area contributed by atoms with E-state index in [0.29, 0.717) is 22.8 Å². The number of rotatable bonds is 6. The van der Waals surface area contributed by atoms with Gasteiger partial charge in [0.1, 0.15) is 0 Å². The first-order valence-electron chi connectivity index (χ1n) is 6.38. The average molecular weight is 300 g/mol. The fourth-order valence-corrected chi connectivity index (χ4v) is 2.30. The van der Waals surface area contributed by atoms with Crippen LogP contribution in [0.25, 0.3) is 0 Å². The summed E-state index contributed by atoms with van der Waals surface area (Å²) in [6.45, 7) is 5.64. The Kier molecular flexibility index (Phi) is 5.80. The van der Waals surface area contributed by atoms with Crippen molar-refractivity contribution in [1.82, 2.24) is 10.2 Å². The van der Waals surface area contributed by atoms with Gasteiger partial charge in [-0.25, -0.2) is 0 Å². The number of hydrogen-bond acceptors (Lipinski definition) is 4. The molecular formula is C14H22ClN3O2. The summed E-state index contributed by atoms with van der Waals surface area (Å²) in [4.78, 5) is 14.2. The van der Waals surface area contributed by atoms with Gasteiger partial charge in [-0.15, -0.1) is 0 Å². The Morgan fingerprint density at radius 1 is 1.40 bits per heavy atom. The van der Waals surface area contributed by atoms with Gasteiger partial charge in [-0.1, -0.05) is 25.4 Å². The maximum absolute atomic E-state index is 12.1. The number of nitrogens with zero attached hydrogens (tertiary/aromatic N) is 1. The minimum atomic E-state index is -0.178. The van der Waals surface area contributed by atoms with Crippen LogP contribution in [0, 0.1) is 5.41 Å². The third-order valence-corrected chi connectivity index (χ3v) is 3.14. The molecule has 0 bridgehead atoms. The van der Waals surface area contributed by atoms with Crippen LogP contribution in [-0.4, -0.2) is 43.2 Å². The maximum Gasteiger partial charge on any atom is 0.251 e. The van der Waals surface area contributed by atoms with E-state index in [1.54, 1.807) is 12.1 Å². The third kappa shape index (κ3) is 5.00. The van der Waals surface area contributed by atoms with Crippen molar-refractivity contribution in [3.8, 4) is 0 Å². The van der Waals surface area contributed by atoms with Gasteiger partial charge in [0, 0.05) is 18.7 Å². The van der Waals surface area contributed by atoms with Crippen molar-refractivity contribution < 1.29 is 10.0 Å². The first kappa shape index (κ1) is 16.8. The Bertz CT molecular complexity index is 475. The standard InChI is InChI=1S/C14H22ClN3O2/c1-14(2,9-18(3)4)8-16-13(19)10-5-6-12(17-20)11(15)7-10/h5-7,17,20H,8-9H2,1-4H3,(H,16,19). The fraction of sp³-hybridized carbons (Fsp3) is 0.500. The molecule has 0 unspecified atom stereocenters. The lowest BCUT2D eigenvalue weighted by molar-refractivity contribution is 0.0929. The van der Waals surface area contributed by atoms with Crippen LogP contribution in [0.4, 0.5) is 5.69 Å². The predicted molar refractivity (Wildman–Crippen MR) is 81.5 cm³/mol. The number of benzene rings is 1. The van der Waals surface area contributed by atoms with Crippen molar-refractivity contribution in [3.63, 3.8) is 0 Å². The van der Waals surface area contributed by atoms with E-state index in [4.69, 9.17) is 16.8 Å². The van der Waals surface area contributed by atoms with Crippen LogP contribution >= 0.6 is 11.6 Å². The summed E-state index contributed by atoms with van der Waals surface area (Å²) in [5, 5.41) is 12.0. The minimum absolute atomic E-state index is 0.0183. The average Bonchev–Trinajstić information content (AvgIpc) is 2.34. The maximum atomic E-state index is 12.1. The molecule has 1 rings (SSSR count). The van der Waals surface area contributed by atoms with E-state index in [0.717, 1.165) is 6.54 Å². The molecule has 0 saturated heterocycles. The molecule has 3 N–H and O–H groups in total. The number of carbonyl (C=O) groups excluding carboxylic acids is 1. The van der Waals surface area contributed by atoms with Crippen molar-refractivity contribution in [3.05, 3.63) is 28.8 Å². The van der Waals surface area contributed by atoms with E-state index >= 15 is 0 Å². The molecule has 0 saturated carbocycles. The van der Waals surface area contributed by atoms with Gasteiger partial charge >= 0.3 is 0 Å². The number of anilines is 1. The molecule has 6 heteroatoms. The molecule has 112 valence electrons. The summed E-state index contributed by atoms with van der Waals surface area (Å²) in [5.41, 5.74) is 2.79. The quantitative estimate of drug-likeness (QED) is 0.706. The van der Waals surface area contributed by atoms with Gasteiger partial charge in [-0.2, -0.15) is 0 Å². The van der Waals surface area contributed by atoms with E-state index < -0.39 is 0 Å². The zero-order chi connectivity index (χ0) is 15.3. The number of nitrogens with one attached hydrogen (secondary N) is 2. The Hall–Kier alpha value is -1.30. The summed E-state index contributed by atoms with van der Waals surface area (Å²) < 4.78 is 0. The minimum Gasteiger partial charge on any atom is -0.351 e. The van der Waals surface area contributed by atoms with Crippen LogP contribution < -0.4 is 10.8 Å². The monoisotopic (exact) mass is 299 g/mol. The highest BCUT2D eigenvalue weighted by molar-refractivity contribution is 6.33. The lowest BCUT2D eigenvalue weighted by Crippen LogP contribution is -2.39. The smallest absolute Gasteiger partial charge is 0.251 e. The lowest BCUT2D eigenvalue weighted by atomic mass is 9.93. The van der Waals surface area contributed by atoms with E-state index in [1.807, 2.05) is 19.6 Å². The third-order valence-electron chi connectivity index (χ3n) is 2.82. The highest BCUT2D eigenvalue weighted by atomic mass is 35.5. The van der Waals surface area contributed by atoms with Crippen molar-refractivity contribution in [2.24, 2.45) is 5.41 Å². The number of carbonyl (C=O) groups is 1. The van der Waals surface area contributed by atoms with Crippen molar-refractivity contribution in [2.75, 3.05) is 32.7 Å². The van der Waals surface area contributed by atoms with E-state index in [1.165, 1.54) is 6.07 Å². The second kappa shape index (κ2) is 6.92. The zero-order valence-electron chi connectivity index (χ0n) is 12.3. The van der Waals surface area contributed by atoms with Crippen molar-refractivity contribution in [2.45, 2.75) is 13.8 Å². The van der Waals surface area contributed by atoms with Crippen molar-refractivity contribution >= 4 is 23.2 Å². The zero-order valence-corrected chi connectivity index (χ0v) is 13.1. The van der Waals surface area contributed by atoms with Gasteiger partial charge < -0.3 is 10.2 Å². The van der Waals surface area contributed by atoms with Crippen LogP contribution in [0.15, 0.2) is 18.2 Å². The summed E-state index contributed by atoms with van der Waals surface area (Å²) >= 11 is 5.92. The summed E-state index contributed by atoms with van der Waals surface area (Å²) in [5.74, 6) is -0.178. The van der Waals surface area contributed by atoms with Crippen molar-refractivity contribution in [1.29, 1.82) is 0 Å². The number of halogens is 1. The van der Waals surface area contributed by atoms with Crippen LogP contribution in [0.1, 0.15) is 24.2 Å². The predicted octanol–water partition coefficient (Wildman–Crippen LogP) is 2.46. The molecule has 0 aliphatic carbocycles. The molecule has 0 aromatic heterocycles. The highest BCUT2D eigenvalue weighted by Gasteiger charge is 2.20. The van der Waals surface area contributed by atoms with E-state index in [-0.39, 0.29) is 11.3 Å². The Balaban J connectivity index is 2.65. The molecule has 0 fully saturated rings. The van der Waals surface area contributed by atoms with Crippen LogP contribution in [-0.2, 0) is 0 Å². The molecule has 1 amide bonds. The number of hydrogen-bond donors (Lipinski definition) is 3. The SMILES string of the molecule is CN(C)CC(C)(C)CNC(=O)c1ccc(NO)c(Cl)c1. The Morgan fingerprint density at radius 3 is 2.55 bits per heavy atom. The molecule has 5 nitrogen and oxygen atoms in total. The van der Waals surface area contributed by atoms with E-state index in [9.17, 15) is 4.79 Å². The van der Waals surface area contributed by atoms with Gasteiger partial charge in [-0.05, 0) is 37.7 Å². The first-order valence-corrected chi connectivity index (χ1v) is 6.75. The lowest BCUT2D eigenvalue weighted by Gasteiger charge is -2.28. The molecule has 0 atom stereocenters.